The summed E-state index contributed by atoms with van der Waals surface area (Å²) in [6, 6.07) is 2.22. The van der Waals surface area contributed by atoms with Crippen molar-refractivity contribution in [3.8, 4) is 0 Å². The molecule has 1 aromatic heterocycles. The van der Waals surface area contributed by atoms with E-state index in [0.29, 0.717) is 0 Å². The molecular weight excluding hydrogens is 196 g/mol. The summed E-state index contributed by atoms with van der Waals surface area (Å²) in [5, 5.41) is 3.42. The first-order valence-corrected chi connectivity index (χ1v) is 5.85. The molecule has 0 aliphatic carbocycles. The van der Waals surface area contributed by atoms with Crippen molar-refractivity contribution >= 4 is 5.82 Å². The van der Waals surface area contributed by atoms with Crippen LogP contribution in [0, 0.1) is 6.92 Å². The summed E-state index contributed by atoms with van der Waals surface area (Å²) in [7, 11) is 0. The molecule has 2 nitrogen and oxygen atoms in total. The third-order valence-electron chi connectivity index (χ3n) is 2.44. The molecule has 0 bridgehead atoms. The molecule has 0 aliphatic rings. The van der Waals surface area contributed by atoms with Crippen LogP contribution in [-0.4, -0.2) is 10.5 Å². The van der Waals surface area contributed by atoms with E-state index in [2.05, 4.69) is 64.8 Å². The van der Waals surface area contributed by atoms with Crippen LogP contribution in [0.1, 0.15) is 52.7 Å². The van der Waals surface area contributed by atoms with Crippen molar-refractivity contribution in [3.63, 3.8) is 0 Å². The minimum Gasteiger partial charge on any atom is -0.365 e. The largest absolute Gasteiger partial charge is 0.365 e. The second-order valence-corrected chi connectivity index (χ2v) is 6.51. The molecule has 1 N–H and O–H groups in total. The van der Waals surface area contributed by atoms with Crippen molar-refractivity contribution in [2.45, 2.75) is 59.4 Å². The fourth-order valence-electron chi connectivity index (χ4n) is 1.47. The molecule has 0 aliphatic heterocycles. The molecule has 0 fully saturated rings. The molecule has 0 saturated carbocycles. The van der Waals surface area contributed by atoms with Crippen LogP contribution >= 0.6 is 0 Å². The molecule has 1 rings (SSSR count). The Kier molecular flexibility index (Phi) is 3.32. The third kappa shape index (κ3) is 3.51. The molecule has 1 heterocycles. The van der Waals surface area contributed by atoms with E-state index in [1.165, 1.54) is 11.1 Å². The molecule has 1 aromatic rings. The standard InChI is InChI=1S/C14H24N2/c1-10-8-11(13(2,3)4)9-15-12(10)16-14(5,6)7/h8-9H,1-7H3,(H,15,16). The van der Waals surface area contributed by atoms with E-state index in [0.717, 1.165) is 5.82 Å². The predicted octanol–water partition coefficient (Wildman–Crippen LogP) is 3.90. The number of aromatic nitrogens is 1. The Labute approximate surface area is 99.5 Å². The van der Waals surface area contributed by atoms with Crippen LogP contribution in [0.15, 0.2) is 12.3 Å². The van der Waals surface area contributed by atoms with Crippen molar-refractivity contribution in [2.75, 3.05) is 5.32 Å². The normalized spacial score (nSPS) is 12.7. The topological polar surface area (TPSA) is 24.9 Å². The lowest BCUT2D eigenvalue weighted by Gasteiger charge is -2.24. The van der Waals surface area contributed by atoms with Gasteiger partial charge in [-0.15, -0.1) is 0 Å². The number of hydrogen-bond acceptors (Lipinski definition) is 2. The quantitative estimate of drug-likeness (QED) is 0.776. The minimum absolute atomic E-state index is 0.0566. The lowest BCUT2D eigenvalue weighted by molar-refractivity contribution is 0.585. The monoisotopic (exact) mass is 220 g/mol. The van der Waals surface area contributed by atoms with Crippen LogP contribution < -0.4 is 5.32 Å². The highest BCUT2D eigenvalue weighted by Gasteiger charge is 2.17. The van der Waals surface area contributed by atoms with Gasteiger partial charge in [-0.1, -0.05) is 26.8 Å². The second-order valence-electron chi connectivity index (χ2n) is 6.51. The first kappa shape index (κ1) is 13.0. The van der Waals surface area contributed by atoms with Gasteiger partial charge in [0.1, 0.15) is 5.82 Å². The smallest absolute Gasteiger partial charge is 0.129 e. The van der Waals surface area contributed by atoms with Gasteiger partial charge in [0.25, 0.3) is 0 Å². The van der Waals surface area contributed by atoms with Crippen molar-refractivity contribution in [1.29, 1.82) is 0 Å². The summed E-state index contributed by atoms with van der Waals surface area (Å²) in [4.78, 5) is 4.52. The Morgan fingerprint density at radius 2 is 1.62 bits per heavy atom. The first-order chi connectivity index (χ1) is 7.09. The molecule has 0 amide bonds. The number of pyridine rings is 1. The summed E-state index contributed by atoms with van der Waals surface area (Å²) in [6.07, 6.45) is 1.97. The lowest BCUT2D eigenvalue weighted by Crippen LogP contribution is -2.27. The zero-order valence-corrected chi connectivity index (χ0v) is 11.6. The Morgan fingerprint density at radius 1 is 1.06 bits per heavy atom. The average molecular weight is 220 g/mol. The van der Waals surface area contributed by atoms with Gasteiger partial charge in [0.05, 0.1) is 0 Å². The van der Waals surface area contributed by atoms with E-state index in [1.807, 2.05) is 6.20 Å². The minimum atomic E-state index is 0.0566. The molecule has 90 valence electrons. The van der Waals surface area contributed by atoms with Crippen molar-refractivity contribution in [3.05, 3.63) is 23.4 Å². The Balaban J connectivity index is 3.01. The molecule has 0 atom stereocenters. The van der Waals surface area contributed by atoms with Gasteiger partial charge in [-0.2, -0.15) is 0 Å². The maximum absolute atomic E-state index is 4.52. The first-order valence-electron chi connectivity index (χ1n) is 5.85. The van der Waals surface area contributed by atoms with Gasteiger partial charge < -0.3 is 5.32 Å². The van der Waals surface area contributed by atoms with Crippen LogP contribution in [0.4, 0.5) is 5.82 Å². The van der Waals surface area contributed by atoms with E-state index in [4.69, 9.17) is 0 Å². The molecule has 16 heavy (non-hydrogen) atoms. The predicted molar refractivity (Wildman–Crippen MR) is 71.0 cm³/mol. The lowest BCUT2D eigenvalue weighted by atomic mass is 9.87. The molecular formula is C14H24N2. The molecule has 0 radical (unpaired) electrons. The fourth-order valence-corrected chi connectivity index (χ4v) is 1.47. The molecule has 2 heteroatoms. The SMILES string of the molecule is Cc1cc(C(C)(C)C)cnc1NC(C)(C)C. The van der Waals surface area contributed by atoms with E-state index in [1.54, 1.807) is 0 Å². The van der Waals surface area contributed by atoms with Gasteiger partial charge in [-0.3, -0.25) is 0 Å². The maximum Gasteiger partial charge on any atom is 0.129 e. The number of rotatable bonds is 1. The number of anilines is 1. The second kappa shape index (κ2) is 4.08. The third-order valence-corrected chi connectivity index (χ3v) is 2.44. The molecule has 0 aromatic carbocycles. The average Bonchev–Trinajstić information content (AvgIpc) is 2.04. The van der Waals surface area contributed by atoms with E-state index in [-0.39, 0.29) is 11.0 Å². The molecule has 0 spiro atoms. The Hall–Kier alpha value is -1.05. The van der Waals surface area contributed by atoms with E-state index < -0.39 is 0 Å². The Morgan fingerprint density at radius 3 is 2.00 bits per heavy atom. The van der Waals surface area contributed by atoms with Crippen LogP contribution in [-0.2, 0) is 5.41 Å². The molecule has 0 unspecified atom stereocenters. The number of aryl methyl sites for hydroxylation is 1. The number of nitrogens with one attached hydrogen (secondary N) is 1. The van der Waals surface area contributed by atoms with Gasteiger partial charge in [0, 0.05) is 11.7 Å². The summed E-state index contributed by atoms with van der Waals surface area (Å²) in [5.74, 6) is 0.987. The highest BCUT2D eigenvalue weighted by Crippen LogP contribution is 2.25. The summed E-state index contributed by atoms with van der Waals surface area (Å²) in [5.41, 5.74) is 2.71. The van der Waals surface area contributed by atoms with Gasteiger partial charge in [0.15, 0.2) is 0 Å². The highest BCUT2D eigenvalue weighted by atomic mass is 15.0. The summed E-state index contributed by atoms with van der Waals surface area (Å²) in [6.45, 7) is 15.2. The summed E-state index contributed by atoms with van der Waals surface area (Å²) < 4.78 is 0. The van der Waals surface area contributed by atoms with Crippen molar-refractivity contribution < 1.29 is 0 Å². The number of hydrogen-bond donors (Lipinski definition) is 1. The van der Waals surface area contributed by atoms with Gasteiger partial charge in [0.2, 0.25) is 0 Å². The van der Waals surface area contributed by atoms with Crippen LogP contribution in [0.3, 0.4) is 0 Å². The number of nitrogens with zero attached hydrogens (tertiary/aromatic N) is 1. The van der Waals surface area contributed by atoms with Gasteiger partial charge in [-0.25, -0.2) is 4.98 Å². The summed E-state index contributed by atoms with van der Waals surface area (Å²) >= 11 is 0. The van der Waals surface area contributed by atoms with Crippen LogP contribution in [0.2, 0.25) is 0 Å². The fraction of sp³-hybridized carbons (Fsp3) is 0.643. The Bertz CT molecular complexity index is 367. The van der Waals surface area contributed by atoms with E-state index in [9.17, 15) is 0 Å². The van der Waals surface area contributed by atoms with Crippen molar-refractivity contribution in [1.82, 2.24) is 4.98 Å². The zero-order valence-electron chi connectivity index (χ0n) is 11.6. The van der Waals surface area contributed by atoms with Gasteiger partial charge >= 0.3 is 0 Å². The zero-order chi connectivity index (χ0) is 12.6. The van der Waals surface area contributed by atoms with Crippen LogP contribution in [0.5, 0.6) is 0 Å². The molecule has 0 saturated heterocycles. The maximum atomic E-state index is 4.52. The highest BCUT2D eigenvalue weighted by molar-refractivity contribution is 5.47. The van der Waals surface area contributed by atoms with Crippen molar-refractivity contribution in [2.24, 2.45) is 0 Å². The van der Waals surface area contributed by atoms with E-state index >= 15 is 0 Å². The van der Waals surface area contributed by atoms with Gasteiger partial charge in [-0.05, 0) is 44.2 Å². The van der Waals surface area contributed by atoms with Crippen LogP contribution in [0.25, 0.3) is 0 Å².